The predicted molar refractivity (Wildman–Crippen MR) is 82.4 cm³/mol. The molecule has 0 aliphatic rings. The molecule has 1 amide bonds. The topological polar surface area (TPSA) is 55.1 Å². The Kier molecular flexibility index (Phi) is 4.08. The Balaban J connectivity index is 2.55. The smallest absolute Gasteiger partial charge is 0.234 e. The highest BCUT2D eigenvalue weighted by molar-refractivity contribution is 5.91. The summed E-state index contributed by atoms with van der Waals surface area (Å²) in [4.78, 5) is 12.6. The van der Waals surface area contributed by atoms with Gasteiger partial charge in [0.1, 0.15) is 0 Å². The standard InChI is InChI=1S/C17H20N2O/c1-3-19-16(20)17(2,13-7-5-4-6-8-13)14-9-11-15(18)12-10-14/h4-12H,3,18H2,1-2H3,(H,19,20). The van der Waals surface area contributed by atoms with E-state index in [9.17, 15) is 4.79 Å². The molecule has 1 unspecified atom stereocenters. The number of carbonyl (C=O) groups is 1. The number of nitrogens with one attached hydrogen (secondary N) is 1. The molecule has 0 bridgehead atoms. The van der Waals surface area contributed by atoms with Gasteiger partial charge in [0, 0.05) is 12.2 Å². The van der Waals surface area contributed by atoms with Crippen LogP contribution in [-0.4, -0.2) is 12.5 Å². The lowest BCUT2D eigenvalue weighted by Gasteiger charge is -2.29. The van der Waals surface area contributed by atoms with E-state index < -0.39 is 5.41 Å². The number of nitrogen functional groups attached to an aromatic ring is 1. The van der Waals surface area contributed by atoms with E-state index in [1.54, 1.807) is 0 Å². The van der Waals surface area contributed by atoms with Gasteiger partial charge in [-0.1, -0.05) is 42.5 Å². The molecule has 2 rings (SSSR count). The van der Waals surface area contributed by atoms with Crippen molar-refractivity contribution in [2.45, 2.75) is 19.3 Å². The molecule has 0 saturated carbocycles. The summed E-state index contributed by atoms with van der Waals surface area (Å²) < 4.78 is 0. The van der Waals surface area contributed by atoms with Gasteiger partial charge in [0.2, 0.25) is 5.91 Å². The minimum atomic E-state index is -0.717. The van der Waals surface area contributed by atoms with Gasteiger partial charge in [-0.15, -0.1) is 0 Å². The lowest BCUT2D eigenvalue weighted by Crippen LogP contribution is -2.43. The van der Waals surface area contributed by atoms with Gasteiger partial charge in [-0.3, -0.25) is 4.79 Å². The Labute approximate surface area is 119 Å². The van der Waals surface area contributed by atoms with Crippen LogP contribution in [0.25, 0.3) is 0 Å². The molecule has 2 aromatic carbocycles. The lowest BCUT2D eigenvalue weighted by molar-refractivity contribution is -0.124. The Morgan fingerprint density at radius 2 is 1.60 bits per heavy atom. The molecule has 1 atom stereocenters. The van der Waals surface area contributed by atoms with Crippen molar-refractivity contribution in [3.63, 3.8) is 0 Å². The molecule has 0 aliphatic heterocycles. The summed E-state index contributed by atoms with van der Waals surface area (Å²) in [5.74, 6) is -0.00373. The molecule has 0 heterocycles. The van der Waals surface area contributed by atoms with Crippen LogP contribution in [0.3, 0.4) is 0 Å². The Morgan fingerprint density at radius 1 is 1.05 bits per heavy atom. The second-order valence-corrected chi connectivity index (χ2v) is 4.97. The van der Waals surface area contributed by atoms with Crippen molar-refractivity contribution in [3.8, 4) is 0 Å². The van der Waals surface area contributed by atoms with Gasteiger partial charge in [-0.2, -0.15) is 0 Å². The van der Waals surface area contributed by atoms with Crippen molar-refractivity contribution in [1.82, 2.24) is 5.32 Å². The van der Waals surface area contributed by atoms with Crippen molar-refractivity contribution in [1.29, 1.82) is 0 Å². The number of anilines is 1. The Morgan fingerprint density at radius 3 is 2.15 bits per heavy atom. The van der Waals surface area contributed by atoms with Crippen LogP contribution in [0.15, 0.2) is 54.6 Å². The number of likely N-dealkylation sites (N-methyl/N-ethyl adjacent to an activating group) is 1. The molecule has 0 aromatic heterocycles. The van der Waals surface area contributed by atoms with Crippen LogP contribution in [0.5, 0.6) is 0 Å². The first-order chi connectivity index (χ1) is 9.59. The van der Waals surface area contributed by atoms with Crippen LogP contribution in [0.1, 0.15) is 25.0 Å². The predicted octanol–water partition coefficient (Wildman–Crippen LogP) is 2.71. The number of amides is 1. The fourth-order valence-corrected chi connectivity index (χ4v) is 2.35. The first kappa shape index (κ1) is 14.1. The van der Waals surface area contributed by atoms with Crippen molar-refractivity contribution < 1.29 is 4.79 Å². The second kappa shape index (κ2) is 5.78. The summed E-state index contributed by atoms with van der Waals surface area (Å²) >= 11 is 0. The molecule has 3 nitrogen and oxygen atoms in total. The van der Waals surface area contributed by atoms with Crippen molar-refractivity contribution in [2.75, 3.05) is 12.3 Å². The number of carbonyl (C=O) groups excluding carboxylic acids is 1. The van der Waals surface area contributed by atoms with Gasteiger partial charge in [0.15, 0.2) is 0 Å². The van der Waals surface area contributed by atoms with E-state index >= 15 is 0 Å². The van der Waals surface area contributed by atoms with Crippen LogP contribution >= 0.6 is 0 Å². The lowest BCUT2D eigenvalue weighted by atomic mass is 9.75. The zero-order chi connectivity index (χ0) is 14.6. The molecule has 20 heavy (non-hydrogen) atoms. The Bertz CT molecular complexity index is 578. The first-order valence-corrected chi connectivity index (χ1v) is 6.79. The number of rotatable bonds is 4. The summed E-state index contributed by atoms with van der Waals surface area (Å²) in [6.07, 6.45) is 0. The van der Waals surface area contributed by atoms with E-state index in [4.69, 9.17) is 5.73 Å². The maximum Gasteiger partial charge on any atom is 0.234 e. The number of nitrogens with two attached hydrogens (primary N) is 1. The Hall–Kier alpha value is -2.29. The quantitative estimate of drug-likeness (QED) is 0.838. The molecule has 0 radical (unpaired) electrons. The van der Waals surface area contributed by atoms with Crippen LogP contribution < -0.4 is 11.1 Å². The molecule has 104 valence electrons. The van der Waals surface area contributed by atoms with Crippen molar-refractivity contribution in [3.05, 3.63) is 65.7 Å². The average Bonchev–Trinajstić information content (AvgIpc) is 2.48. The normalized spacial score (nSPS) is 13.5. The zero-order valence-corrected chi connectivity index (χ0v) is 11.9. The largest absolute Gasteiger partial charge is 0.399 e. The van der Waals surface area contributed by atoms with E-state index in [-0.39, 0.29) is 5.91 Å². The van der Waals surface area contributed by atoms with E-state index in [0.717, 1.165) is 11.1 Å². The highest BCUT2D eigenvalue weighted by atomic mass is 16.2. The number of benzene rings is 2. The summed E-state index contributed by atoms with van der Waals surface area (Å²) in [6.45, 7) is 4.47. The molecule has 0 saturated heterocycles. The van der Waals surface area contributed by atoms with Gasteiger partial charge in [-0.25, -0.2) is 0 Å². The number of hydrogen-bond acceptors (Lipinski definition) is 2. The minimum Gasteiger partial charge on any atom is -0.399 e. The van der Waals surface area contributed by atoms with Crippen LogP contribution in [0.2, 0.25) is 0 Å². The molecular weight excluding hydrogens is 248 g/mol. The van der Waals surface area contributed by atoms with E-state index in [0.29, 0.717) is 12.2 Å². The summed E-state index contributed by atoms with van der Waals surface area (Å²) in [7, 11) is 0. The third-order valence-electron chi connectivity index (χ3n) is 3.63. The molecular formula is C17H20N2O. The highest BCUT2D eigenvalue weighted by Gasteiger charge is 2.36. The summed E-state index contributed by atoms with van der Waals surface area (Å²) in [6, 6.07) is 17.3. The fraction of sp³-hybridized carbons (Fsp3) is 0.235. The maximum absolute atomic E-state index is 12.6. The molecule has 0 spiro atoms. The third kappa shape index (κ3) is 2.52. The van der Waals surface area contributed by atoms with Gasteiger partial charge in [0.05, 0.1) is 5.41 Å². The summed E-state index contributed by atoms with van der Waals surface area (Å²) in [5, 5.41) is 2.93. The van der Waals surface area contributed by atoms with E-state index in [1.165, 1.54) is 0 Å². The zero-order valence-electron chi connectivity index (χ0n) is 11.9. The maximum atomic E-state index is 12.6. The second-order valence-electron chi connectivity index (χ2n) is 4.97. The molecule has 0 fully saturated rings. The van der Waals surface area contributed by atoms with Crippen LogP contribution in [-0.2, 0) is 10.2 Å². The third-order valence-corrected chi connectivity index (χ3v) is 3.63. The SMILES string of the molecule is CCNC(=O)C(C)(c1ccccc1)c1ccc(N)cc1. The average molecular weight is 268 g/mol. The van der Waals surface area contributed by atoms with Gasteiger partial charge >= 0.3 is 0 Å². The van der Waals surface area contributed by atoms with Crippen molar-refractivity contribution >= 4 is 11.6 Å². The monoisotopic (exact) mass is 268 g/mol. The fourth-order valence-electron chi connectivity index (χ4n) is 2.35. The van der Waals surface area contributed by atoms with E-state index in [2.05, 4.69) is 5.32 Å². The van der Waals surface area contributed by atoms with E-state index in [1.807, 2.05) is 68.4 Å². The number of hydrogen-bond donors (Lipinski definition) is 2. The van der Waals surface area contributed by atoms with Gasteiger partial charge in [-0.05, 0) is 37.1 Å². The first-order valence-electron chi connectivity index (χ1n) is 6.79. The minimum absolute atomic E-state index is 0.00373. The summed E-state index contributed by atoms with van der Waals surface area (Å²) in [5.41, 5.74) is 7.62. The molecule has 3 N–H and O–H groups in total. The molecule has 3 heteroatoms. The molecule has 0 aliphatic carbocycles. The van der Waals surface area contributed by atoms with Crippen molar-refractivity contribution in [2.24, 2.45) is 0 Å². The van der Waals surface area contributed by atoms with Gasteiger partial charge < -0.3 is 11.1 Å². The highest BCUT2D eigenvalue weighted by Crippen LogP contribution is 2.32. The van der Waals surface area contributed by atoms with Crippen LogP contribution in [0.4, 0.5) is 5.69 Å². The van der Waals surface area contributed by atoms with Gasteiger partial charge in [0.25, 0.3) is 0 Å². The molecule has 2 aromatic rings. The van der Waals surface area contributed by atoms with Crippen LogP contribution in [0, 0.1) is 0 Å².